The molecule has 0 fully saturated rings. The van der Waals surface area contributed by atoms with Crippen LogP contribution >= 0.6 is 0 Å². The highest BCUT2D eigenvalue weighted by atomic mass is 16.3. The van der Waals surface area contributed by atoms with Crippen molar-refractivity contribution in [1.82, 2.24) is 0 Å². The predicted molar refractivity (Wildman–Crippen MR) is 73.3 cm³/mol. The minimum Gasteiger partial charge on any atom is -0.508 e. The number of hydrogen-bond acceptors (Lipinski definition) is 5. The zero-order valence-electron chi connectivity index (χ0n) is 10.4. The summed E-state index contributed by atoms with van der Waals surface area (Å²) in [5.41, 5.74) is 10.5. The number of benzene rings is 1. The number of hydrogen-bond donors (Lipinski definition) is 4. The number of rotatable bonds is 3. The van der Waals surface area contributed by atoms with Gasteiger partial charge >= 0.3 is 0 Å². The Balaban J connectivity index is 2.32. The van der Waals surface area contributed by atoms with Gasteiger partial charge in [-0.2, -0.15) is 10.4 Å². The summed E-state index contributed by atoms with van der Waals surface area (Å²) in [7, 11) is 0. The highest BCUT2D eigenvalue weighted by molar-refractivity contribution is 6.45. The van der Waals surface area contributed by atoms with Gasteiger partial charge in [-0.3, -0.25) is 10.8 Å². The highest BCUT2D eigenvalue weighted by Crippen LogP contribution is 2.34. The van der Waals surface area contributed by atoms with Gasteiger partial charge in [-0.1, -0.05) is 0 Å². The van der Waals surface area contributed by atoms with Gasteiger partial charge in [0.05, 0.1) is 5.69 Å². The molecule has 2 rings (SSSR count). The van der Waals surface area contributed by atoms with Crippen LogP contribution in [0.3, 0.4) is 0 Å². The van der Waals surface area contributed by atoms with E-state index in [-0.39, 0.29) is 11.5 Å². The molecule has 0 unspecified atom stereocenters. The fourth-order valence-corrected chi connectivity index (χ4v) is 2.22. The van der Waals surface area contributed by atoms with E-state index in [4.69, 9.17) is 16.4 Å². The number of fused-ring (bicyclic) bond motifs is 1. The minimum atomic E-state index is -0.373. The Morgan fingerprint density at radius 1 is 1.37 bits per heavy atom. The second kappa shape index (κ2) is 5.40. The molecule has 1 aromatic rings. The van der Waals surface area contributed by atoms with Crippen molar-refractivity contribution in [3.8, 4) is 11.8 Å². The van der Waals surface area contributed by atoms with Gasteiger partial charge in [0.1, 0.15) is 11.8 Å². The Morgan fingerprint density at radius 2 is 2.05 bits per heavy atom. The average Bonchev–Trinajstić information content (AvgIpc) is 2.42. The van der Waals surface area contributed by atoms with Crippen molar-refractivity contribution in [2.45, 2.75) is 25.7 Å². The van der Waals surface area contributed by atoms with E-state index in [1.54, 1.807) is 18.2 Å². The molecule has 0 radical (unpaired) electrons. The zero-order chi connectivity index (χ0) is 13.8. The fourth-order valence-electron chi connectivity index (χ4n) is 2.22. The summed E-state index contributed by atoms with van der Waals surface area (Å²) in [6, 6.07) is 5.09. The van der Waals surface area contributed by atoms with Crippen LogP contribution in [0.15, 0.2) is 17.2 Å². The van der Waals surface area contributed by atoms with Gasteiger partial charge in [-0.25, -0.2) is 0 Å². The largest absolute Gasteiger partial charge is 0.508 e. The van der Waals surface area contributed by atoms with Crippen molar-refractivity contribution in [1.29, 1.82) is 10.7 Å². The first-order valence-electron chi connectivity index (χ1n) is 6.05. The molecule has 5 N–H and O–H groups in total. The summed E-state index contributed by atoms with van der Waals surface area (Å²) in [6.07, 6.45) is 3.83. The van der Waals surface area contributed by atoms with Crippen LogP contribution in [-0.4, -0.2) is 16.7 Å². The van der Waals surface area contributed by atoms with Crippen molar-refractivity contribution in [2.24, 2.45) is 10.8 Å². The number of nitriles is 1. The Hall–Kier alpha value is -2.55. The van der Waals surface area contributed by atoms with Crippen molar-refractivity contribution < 1.29 is 5.11 Å². The van der Waals surface area contributed by atoms with Gasteiger partial charge in [0.25, 0.3) is 0 Å². The van der Waals surface area contributed by atoms with E-state index in [0.29, 0.717) is 5.75 Å². The molecule has 1 aliphatic rings. The van der Waals surface area contributed by atoms with E-state index >= 15 is 0 Å². The number of phenols is 1. The number of phenolic OH excluding ortho intramolecular Hbond substituents is 1. The van der Waals surface area contributed by atoms with Gasteiger partial charge in [0.15, 0.2) is 5.84 Å². The topological polar surface area (TPSA) is 118 Å². The molecule has 6 heteroatoms. The molecule has 19 heavy (non-hydrogen) atoms. The van der Waals surface area contributed by atoms with E-state index < -0.39 is 0 Å². The standard InChI is InChI=1S/C13H15N5O/c14-7-11(13(15)16)18-17-10-5-6-12(19)9-4-2-1-3-8(9)10/h5-6,17,19H,1-4H2,(H3,15,16)/b18-11+. The molecule has 98 valence electrons. The van der Waals surface area contributed by atoms with Crippen molar-refractivity contribution >= 4 is 17.2 Å². The molecule has 0 amide bonds. The lowest BCUT2D eigenvalue weighted by Crippen LogP contribution is -2.22. The van der Waals surface area contributed by atoms with Crippen molar-refractivity contribution in [3.63, 3.8) is 0 Å². The van der Waals surface area contributed by atoms with Gasteiger partial charge < -0.3 is 10.8 Å². The lowest BCUT2D eigenvalue weighted by atomic mass is 9.90. The highest BCUT2D eigenvalue weighted by Gasteiger charge is 2.16. The second-order valence-electron chi connectivity index (χ2n) is 4.39. The molecule has 0 atom stereocenters. The summed E-state index contributed by atoms with van der Waals surface area (Å²) in [6.45, 7) is 0. The molecule has 0 aliphatic heterocycles. The Labute approximate surface area is 111 Å². The van der Waals surface area contributed by atoms with Crippen LogP contribution in [-0.2, 0) is 12.8 Å². The molecule has 0 bridgehead atoms. The Morgan fingerprint density at radius 3 is 2.68 bits per heavy atom. The normalized spacial score (nSPS) is 14.4. The first-order valence-corrected chi connectivity index (χ1v) is 6.05. The molecule has 1 aromatic carbocycles. The molecule has 6 nitrogen and oxygen atoms in total. The summed E-state index contributed by atoms with van der Waals surface area (Å²) >= 11 is 0. The maximum absolute atomic E-state index is 9.82. The molecular formula is C13H15N5O. The van der Waals surface area contributed by atoms with Crippen LogP contribution in [0.25, 0.3) is 0 Å². The minimum absolute atomic E-state index is 0.155. The number of aromatic hydroxyl groups is 1. The number of anilines is 1. The van der Waals surface area contributed by atoms with E-state index in [1.165, 1.54) is 0 Å². The van der Waals surface area contributed by atoms with Gasteiger partial charge in [0.2, 0.25) is 5.71 Å². The smallest absolute Gasteiger partial charge is 0.201 e. The van der Waals surface area contributed by atoms with Crippen LogP contribution in [0.5, 0.6) is 5.75 Å². The van der Waals surface area contributed by atoms with E-state index in [2.05, 4.69) is 10.5 Å². The van der Waals surface area contributed by atoms with E-state index in [1.807, 2.05) is 0 Å². The maximum Gasteiger partial charge on any atom is 0.201 e. The van der Waals surface area contributed by atoms with Crippen LogP contribution in [0.1, 0.15) is 24.0 Å². The van der Waals surface area contributed by atoms with Gasteiger partial charge in [-0.15, -0.1) is 0 Å². The molecule has 1 aliphatic carbocycles. The lowest BCUT2D eigenvalue weighted by Gasteiger charge is -2.20. The Bertz CT molecular complexity index is 585. The second-order valence-corrected chi connectivity index (χ2v) is 4.39. The quantitative estimate of drug-likeness (QED) is 0.284. The fraction of sp³-hybridized carbons (Fsp3) is 0.308. The number of nitrogens with two attached hydrogens (primary N) is 1. The average molecular weight is 257 g/mol. The third-order valence-corrected chi connectivity index (χ3v) is 3.16. The van der Waals surface area contributed by atoms with E-state index in [0.717, 1.165) is 42.5 Å². The molecule has 0 saturated heterocycles. The monoisotopic (exact) mass is 257 g/mol. The molecular weight excluding hydrogens is 242 g/mol. The molecule has 0 aromatic heterocycles. The van der Waals surface area contributed by atoms with Crippen molar-refractivity contribution in [2.75, 3.05) is 5.43 Å². The van der Waals surface area contributed by atoms with Crippen molar-refractivity contribution in [3.05, 3.63) is 23.3 Å². The van der Waals surface area contributed by atoms with Gasteiger partial charge in [0, 0.05) is 0 Å². The van der Waals surface area contributed by atoms with Crippen LogP contribution in [0, 0.1) is 16.7 Å². The summed E-state index contributed by atoms with van der Waals surface area (Å²) in [5, 5.41) is 29.6. The van der Waals surface area contributed by atoms with Crippen LogP contribution in [0.4, 0.5) is 5.69 Å². The zero-order valence-corrected chi connectivity index (χ0v) is 10.4. The summed E-state index contributed by atoms with van der Waals surface area (Å²) < 4.78 is 0. The predicted octanol–water partition coefficient (Wildman–Crippen LogP) is 1.50. The number of hydrazone groups is 1. The maximum atomic E-state index is 9.82. The van der Waals surface area contributed by atoms with E-state index in [9.17, 15) is 5.11 Å². The summed E-state index contributed by atoms with van der Waals surface area (Å²) in [4.78, 5) is 0. The molecule has 0 saturated carbocycles. The lowest BCUT2D eigenvalue weighted by molar-refractivity contribution is 0.462. The third-order valence-electron chi connectivity index (χ3n) is 3.16. The number of amidine groups is 1. The molecule has 0 spiro atoms. The summed E-state index contributed by atoms with van der Waals surface area (Å²) in [5.74, 6) is -0.0704. The van der Waals surface area contributed by atoms with Gasteiger partial charge in [-0.05, 0) is 48.9 Å². The van der Waals surface area contributed by atoms with Crippen LogP contribution in [0.2, 0.25) is 0 Å². The third kappa shape index (κ3) is 2.65. The first-order chi connectivity index (χ1) is 9.13. The first kappa shape index (κ1) is 12.9. The SMILES string of the molecule is N#C/C(=N\Nc1ccc(O)c2c1CCCC2)C(=N)N. The number of nitrogens with one attached hydrogen (secondary N) is 2. The van der Waals surface area contributed by atoms with Crippen LogP contribution < -0.4 is 11.2 Å². The molecule has 0 heterocycles. The Kier molecular flexibility index (Phi) is 3.66. The number of nitrogens with zero attached hydrogens (tertiary/aromatic N) is 2.